The molecule has 0 saturated carbocycles. The Morgan fingerprint density at radius 1 is 0.938 bits per heavy atom. The molecular weight excluding hydrogens is 448 g/mol. The number of nitrogens with two attached hydrogens (primary N) is 1. The molecule has 0 bridgehead atoms. The predicted molar refractivity (Wildman–Crippen MR) is 123 cm³/mol. The molecule has 0 aromatic rings. The number of carbonyl (C=O) groups is 1. The maximum absolute atomic E-state index is 10.4. The van der Waals surface area contributed by atoms with E-state index in [1.165, 1.54) is 64.2 Å². The smallest absolute Gasteiger partial charge is 0.481 e. The zero-order valence-electron chi connectivity index (χ0n) is 20.4. The van der Waals surface area contributed by atoms with Gasteiger partial charge in [-0.15, -0.1) is 6.42 Å². The molecule has 8 N–H and O–H groups in total. The Morgan fingerprint density at radius 2 is 1.34 bits per heavy atom. The summed E-state index contributed by atoms with van der Waals surface area (Å²) in [7, 11) is -4.64. The summed E-state index contributed by atoms with van der Waals surface area (Å²) in [5, 5.41) is 26.9. The van der Waals surface area contributed by atoms with Gasteiger partial charge in [0.15, 0.2) is 0 Å². The predicted octanol–water partition coefficient (Wildman–Crippen LogP) is 0.520. The van der Waals surface area contributed by atoms with Gasteiger partial charge in [-0.25, -0.2) is 4.57 Å². The number of hydrogen-bond acceptors (Lipinski definition) is 5. The summed E-state index contributed by atoms with van der Waals surface area (Å²) in [6.45, 7) is 4.87. The van der Waals surface area contributed by atoms with Crippen LogP contribution in [-0.4, -0.2) is 54.7 Å². The van der Waals surface area contributed by atoms with Gasteiger partial charge in [0.1, 0.15) is 0 Å². The van der Waals surface area contributed by atoms with Crippen molar-refractivity contribution in [1.29, 1.82) is 0 Å². The molecule has 0 aliphatic carbocycles. The van der Waals surface area contributed by atoms with Gasteiger partial charge < -0.3 is 42.2 Å². The minimum Gasteiger partial charge on any atom is -0.481 e. The van der Waals surface area contributed by atoms with Crippen molar-refractivity contribution in [2.45, 2.75) is 109 Å². The van der Waals surface area contributed by atoms with Crippen LogP contribution in [0.15, 0.2) is 0 Å². The van der Waals surface area contributed by atoms with Gasteiger partial charge in [0.05, 0.1) is 12.0 Å². The summed E-state index contributed by atoms with van der Waals surface area (Å²) in [5.41, 5.74) is 4.14. The summed E-state index contributed by atoms with van der Waals surface area (Å²) >= 11 is 0. The minimum atomic E-state index is -4.64. The summed E-state index contributed by atoms with van der Waals surface area (Å²) < 4.78 is 8.88. The second-order valence-corrected chi connectivity index (χ2v) is 8.68. The summed E-state index contributed by atoms with van der Waals surface area (Å²) in [5.74, 6) is -1.04. The molecule has 0 radical (unpaired) electrons. The Bertz CT molecular complexity index is 422. The SMILES string of the molecule is CCCCCCCCCCCCN.CC[CH-]CC(O)(CCO)CC(=O)O.O=P(O)(O)O.[Na+]. The number of carboxylic acids is 1. The fourth-order valence-electron chi connectivity index (χ4n) is 2.80. The molecule has 0 aromatic carbocycles. The molecule has 11 heteroatoms. The first-order valence-electron chi connectivity index (χ1n) is 11.3. The van der Waals surface area contributed by atoms with E-state index in [1.807, 2.05) is 13.3 Å². The zero-order chi connectivity index (χ0) is 24.6. The number of aliphatic hydroxyl groups is 2. The Kier molecular flexibility index (Phi) is 34.3. The maximum Gasteiger partial charge on any atom is 1.00 e. The average Bonchev–Trinajstić information content (AvgIpc) is 2.64. The normalized spacial score (nSPS) is 12.4. The first-order valence-corrected chi connectivity index (χ1v) is 12.9. The van der Waals surface area contributed by atoms with Gasteiger partial charge in [0, 0.05) is 6.61 Å². The van der Waals surface area contributed by atoms with Crippen LogP contribution in [0.25, 0.3) is 0 Å². The van der Waals surface area contributed by atoms with Crippen molar-refractivity contribution >= 4 is 13.8 Å². The fraction of sp³-hybridized carbons (Fsp3) is 0.905. The topological polar surface area (TPSA) is 182 Å². The van der Waals surface area contributed by atoms with Gasteiger partial charge in [-0.3, -0.25) is 4.79 Å². The van der Waals surface area contributed by atoms with Crippen LogP contribution in [0.1, 0.15) is 104 Å². The molecule has 0 aliphatic rings. The van der Waals surface area contributed by atoms with Crippen LogP contribution in [0.2, 0.25) is 0 Å². The molecule has 32 heavy (non-hydrogen) atoms. The second-order valence-electron chi connectivity index (χ2n) is 7.65. The van der Waals surface area contributed by atoms with E-state index < -0.39 is 19.4 Å². The third-order valence-electron chi connectivity index (χ3n) is 4.43. The molecule has 0 amide bonds. The van der Waals surface area contributed by atoms with E-state index in [2.05, 4.69) is 6.92 Å². The van der Waals surface area contributed by atoms with E-state index >= 15 is 0 Å². The molecule has 1 unspecified atom stereocenters. The van der Waals surface area contributed by atoms with Crippen molar-refractivity contribution in [1.82, 2.24) is 0 Å². The Hall–Kier alpha value is 0.460. The van der Waals surface area contributed by atoms with Gasteiger partial charge in [0.2, 0.25) is 0 Å². The van der Waals surface area contributed by atoms with Crippen LogP contribution < -0.4 is 35.3 Å². The molecule has 0 spiro atoms. The largest absolute Gasteiger partial charge is 1.00 e. The van der Waals surface area contributed by atoms with Crippen molar-refractivity contribution in [3.8, 4) is 0 Å². The number of carboxylic acid groups (broad SMARTS) is 1. The Morgan fingerprint density at radius 3 is 1.66 bits per heavy atom. The number of rotatable bonds is 17. The number of aliphatic carboxylic acids is 1. The Labute approximate surface area is 216 Å². The third-order valence-corrected chi connectivity index (χ3v) is 4.43. The molecular formula is C21H47NNaO8P. The van der Waals surface area contributed by atoms with E-state index in [9.17, 15) is 9.90 Å². The number of hydrogen-bond donors (Lipinski definition) is 7. The molecule has 0 fully saturated rings. The number of aliphatic hydroxyl groups excluding tert-OH is 1. The van der Waals surface area contributed by atoms with Gasteiger partial charge in [0.25, 0.3) is 0 Å². The Balaban J connectivity index is -0.000000198. The van der Waals surface area contributed by atoms with Gasteiger partial charge in [-0.05, 0) is 19.4 Å². The van der Waals surface area contributed by atoms with Crippen LogP contribution in [0, 0.1) is 6.42 Å². The molecule has 190 valence electrons. The summed E-state index contributed by atoms with van der Waals surface area (Å²) in [6.07, 6.45) is 16.6. The molecule has 0 aliphatic heterocycles. The van der Waals surface area contributed by atoms with Crippen LogP contribution in [0.5, 0.6) is 0 Å². The fourth-order valence-corrected chi connectivity index (χ4v) is 2.80. The molecule has 0 saturated heterocycles. The van der Waals surface area contributed by atoms with Crippen LogP contribution in [0.3, 0.4) is 0 Å². The van der Waals surface area contributed by atoms with Crippen molar-refractivity contribution in [2.24, 2.45) is 5.73 Å². The summed E-state index contributed by atoms with van der Waals surface area (Å²) in [4.78, 5) is 32.0. The van der Waals surface area contributed by atoms with E-state index in [1.54, 1.807) is 0 Å². The third kappa shape index (κ3) is 44.2. The molecule has 1 atom stereocenters. The minimum absolute atomic E-state index is 0. The van der Waals surface area contributed by atoms with E-state index in [0.717, 1.165) is 13.0 Å². The van der Waals surface area contributed by atoms with Crippen molar-refractivity contribution < 1.29 is 68.9 Å². The van der Waals surface area contributed by atoms with Crippen LogP contribution >= 0.6 is 7.82 Å². The first kappa shape index (κ1) is 39.7. The molecule has 9 nitrogen and oxygen atoms in total. The average molecular weight is 496 g/mol. The van der Waals surface area contributed by atoms with Gasteiger partial charge in [-0.1, -0.05) is 71.6 Å². The van der Waals surface area contributed by atoms with Crippen LogP contribution in [-0.2, 0) is 9.36 Å². The van der Waals surface area contributed by atoms with Crippen molar-refractivity contribution in [3.63, 3.8) is 0 Å². The second kappa shape index (κ2) is 27.7. The van der Waals surface area contributed by atoms with Gasteiger partial charge >= 0.3 is 43.3 Å². The summed E-state index contributed by atoms with van der Waals surface area (Å²) in [6, 6.07) is 0. The van der Waals surface area contributed by atoms with Gasteiger partial charge in [-0.2, -0.15) is 6.42 Å². The molecule has 0 heterocycles. The number of phosphoric acid groups is 1. The molecule has 0 rings (SSSR count). The maximum atomic E-state index is 10.4. The van der Waals surface area contributed by atoms with Crippen LogP contribution in [0.4, 0.5) is 0 Å². The zero-order valence-corrected chi connectivity index (χ0v) is 23.3. The van der Waals surface area contributed by atoms with Crippen molar-refractivity contribution in [3.05, 3.63) is 6.42 Å². The monoisotopic (exact) mass is 495 g/mol. The first-order chi connectivity index (χ1) is 14.5. The standard InChI is InChI=1S/C12H27N.C9H17O4.Na.H3O4P/c1-2-3-4-5-6-7-8-9-10-11-12-13;1-2-3-4-9(13,5-6-10)7-8(11)12;;1-5(2,3)4/h2-13H2,1H3;3,10,13H,2,4-7H2,1H3,(H,11,12);;(H3,1,2,3,4)/q;-1;+1;. The van der Waals surface area contributed by atoms with Crippen molar-refractivity contribution in [2.75, 3.05) is 13.2 Å². The van der Waals surface area contributed by atoms with E-state index in [0.29, 0.717) is 6.42 Å². The van der Waals surface area contributed by atoms with E-state index in [4.69, 9.17) is 35.2 Å². The molecule has 0 aromatic heterocycles. The van der Waals surface area contributed by atoms with E-state index in [-0.39, 0.29) is 49.0 Å². The number of unbranched alkanes of at least 4 members (excludes halogenated alkanes) is 10. The quantitative estimate of drug-likeness (QED) is 0.0655.